The average Bonchev–Trinajstić information content (AvgIpc) is 2.39. The Labute approximate surface area is 137 Å². The normalized spacial score (nSPS) is 11.0. The van der Waals surface area contributed by atoms with Crippen molar-refractivity contribution in [3.8, 4) is 0 Å². The van der Waals surface area contributed by atoms with E-state index >= 15 is 0 Å². The van der Waals surface area contributed by atoms with Crippen LogP contribution in [0.25, 0.3) is 0 Å². The molecule has 0 saturated heterocycles. The second kappa shape index (κ2) is 8.12. The van der Waals surface area contributed by atoms with Gasteiger partial charge in [0.15, 0.2) is 0 Å². The predicted molar refractivity (Wildman–Crippen MR) is 99.5 cm³/mol. The van der Waals surface area contributed by atoms with Gasteiger partial charge in [0.2, 0.25) is 0 Å². The van der Waals surface area contributed by atoms with Crippen molar-refractivity contribution in [2.45, 2.75) is 66.7 Å². The third-order valence-electron chi connectivity index (χ3n) is 3.32. The monoisotopic (exact) mass is 299 g/mol. The van der Waals surface area contributed by atoms with Gasteiger partial charge < -0.3 is 0 Å². The number of aryl methyl sites for hydroxylation is 1. The van der Waals surface area contributed by atoms with Crippen LogP contribution in [0.3, 0.4) is 0 Å². The highest BCUT2D eigenvalue weighted by molar-refractivity contribution is 5.22. The lowest BCUT2D eigenvalue weighted by Gasteiger charge is -2.18. The van der Waals surface area contributed by atoms with Crippen LogP contribution in [0, 0.1) is 6.92 Å². The van der Waals surface area contributed by atoms with Gasteiger partial charge in [-0.2, -0.15) is 0 Å². The molecule has 0 atom stereocenters. The smallest absolute Gasteiger partial charge is 0.0457 e. The number of pyridine rings is 1. The molecule has 1 aromatic carbocycles. The van der Waals surface area contributed by atoms with Crippen LogP contribution in [0.5, 0.6) is 0 Å². The van der Waals surface area contributed by atoms with Gasteiger partial charge in [-0.3, -0.25) is 4.98 Å². The molecule has 0 spiro atoms. The molecule has 0 bridgehead atoms. The van der Waals surface area contributed by atoms with E-state index in [4.69, 9.17) is 0 Å². The molecule has 0 amide bonds. The first-order valence-corrected chi connectivity index (χ1v) is 7.59. The van der Waals surface area contributed by atoms with Gasteiger partial charge >= 0.3 is 0 Å². The fourth-order valence-electron chi connectivity index (χ4n) is 1.85. The molecule has 0 unspecified atom stereocenters. The lowest BCUT2D eigenvalue weighted by Crippen LogP contribution is -2.12. The molecular weight excluding hydrogens is 266 g/mol. The van der Waals surface area contributed by atoms with Gasteiger partial charge in [-0.05, 0) is 29.5 Å². The summed E-state index contributed by atoms with van der Waals surface area (Å²) in [6, 6.07) is 14.7. The van der Waals surface area contributed by atoms with Crippen LogP contribution < -0.4 is 0 Å². The second-order valence-corrected chi connectivity index (χ2v) is 7.59. The maximum atomic E-state index is 4.35. The van der Waals surface area contributed by atoms with Crippen LogP contribution in [0.15, 0.2) is 48.7 Å². The van der Waals surface area contributed by atoms with Gasteiger partial charge in [0.1, 0.15) is 0 Å². The molecule has 122 valence electrons. The summed E-state index contributed by atoms with van der Waals surface area (Å²) in [6.07, 6.45) is 1.92. The van der Waals surface area contributed by atoms with Gasteiger partial charge in [0.25, 0.3) is 0 Å². The van der Waals surface area contributed by atoms with Gasteiger partial charge in [-0.15, -0.1) is 0 Å². The van der Waals surface area contributed by atoms with E-state index in [1.165, 1.54) is 11.1 Å². The Bertz CT molecular complexity index is 525. The summed E-state index contributed by atoms with van der Waals surface area (Å²) >= 11 is 0. The van der Waals surface area contributed by atoms with Crippen molar-refractivity contribution in [2.75, 3.05) is 0 Å². The third-order valence-corrected chi connectivity index (χ3v) is 3.32. The fourth-order valence-corrected chi connectivity index (χ4v) is 1.85. The van der Waals surface area contributed by atoms with Crippen LogP contribution in [-0.2, 0) is 10.8 Å². The lowest BCUT2D eigenvalue weighted by molar-refractivity contribution is 0.568. The van der Waals surface area contributed by atoms with Crippen molar-refractivity contribution in [1.82, 2.24) is 4.98 Å². The Morgan fingerprint density at radius 3 is 1.59 bits per heavy atom. The van der Waals surface area contributed by atoms with E-state index in [0.29, 0.717) is 5.41 Å². The Hall–Kier alpha value is -1.63. The minimum Gasteiger partial charge on any atom is -0.260 e. The molecule has 0 saturated carbocycles. The SMILES string of the molecule is C.CC(C)(C)c1ccccc1.Cc1ccc(C(C)(C)C)nc1. The number of hydrogen-bond donors (Lipinski definition) is 0. The molecule has 0 aliphatic carbocycles. The maximum absolute atomic E-state index is 4.35. The van der Waals surface area contributed by atoms with E-state index in [1.807, 2.05) is 6.20 Å². The molecular formula is C21H33N. The first kappa shape index (κ1) is 20.4. The van der Waals surface area contributed by atoms with Crippen molar-refractivity contribution >= 4 is 0 Å². The molecule has 2 aromatic rings. The van der Waals surface area contributed by atoms with E-state index in [0.717, 1.165) is 5.69 Å². The Balaban J connectivity index is 0.000000385. The van der Waals surface area contributed by atoms with E-state index in [1.54, 1.807) is 0 Å². The summed E-state index contributed by atoms with van der Waals surface area (Å²) in [7, 11) is 0. The number of aromatic nitrogens is 1. The van der Waals surface area contributed by atoms with E-state index < -0.39 is 0 Å². The zero-order chi connectivity index (χ0) is 16.1. The van der Waals surface area contributed by atoms with E-state index in [9.17, 15) is 0 Å². The Morgan fingerprint density at radius 1 is 0.727 bits per heavy atom. The summed E-state index contributed by atoms with van der Waals surface area (Å²) in [5, 5.41) is 0. The quantitative estimate of drug-likeness (QED) is 0.555. The number of nitrogens with zero attached hydrogens (tertiary/aromatic N) is 1. The van der Waals surface area contributed by atoms with Crippen molar-refractivity contribution in [3.05, 3.63) is 65.5 Å². The average molecular weight is 300 g/mol. The number of rotatable bonds is 0. The standard InChI is InChI=1S/C10H15N.C10H14.CH4/c1-8-5-6-9(11-7-8)10(2,3)4;1-10(2,3)9-7-5-4-6-8-9;/h5-7H,1-4H3;4-8H,1-3H3;1H4. The maximum Gasteiger partial charge on any atom is 0.0457 e. The number of hydrogen-bond acceptors (Lipinski definition) is 1. The molecule has 0 aliphatic rings. The highest BCUT2D eigenvalue weighted by Crippen LogP contribution is 2.20. The van der Waals surface area contributed by atoms with Gasteiger partial charge in [-0.25, -0.2) is 0 Å². The molecule has 22 heavy (non-hydrogen) atoms. The van der Waals surface area contributed by atoms with Crippen molar-refractivity contribution < 1.29 is 0 Å². The molecule has 1 heterocycles. The summed E-state index contributed by atoms with van der Waals surface area (Å²) in [6.45, 7) is 15.2. The summed E-state index contributed by atoms with van der Waals surface area (Å²) < 4.78 is 0. The van der Waals surface area contributed by atoms with Crippen molar-refractivity contribution in [3.63, 3.8) is 0 Å². The predicted octanol–water partition coefficient (Wildman–Crippen LogP) is 6.31. The number of benzene rings is 1. The largest absolute Gasteiger partial charge is 0.260 e. The molecule has 1 aromatic heterocycles. The zero-order valence-corrected chi connectivity index (χ0v) is 14.6. The molecule has 0 N–H and O–H groups in total. The molecule has 1 heteroatoms. The van der Waals surface area contributed by atoms with E-state index in [2.05, 4.69) is 95.9 Å². The summed E-state index contributed by atoms with van der Waals surface area (Å²) in [4.78, 5) is 4.35. The van der Waals surface area contributed by atoms with Crippen molar-refractivity contribution in [1.29, 1.82) is 0 Å². The highest BCUT2D eigenvalue weighted by Gasteiger charge is 2.14. The minimum absolute atomic E-state index is 0. The molecule has 0 aliphatic heterocycles. The topological polar surface area (TPSA) is 12.9 Å². The second-order valence-electron chi connectivity index (χ2n) is 7.59. The van der Waals surface area contributed by atoms with Gasteiger partial charge in [0.05, 0.1) is 0 Å². The Kier molecular flexibility index (Phi) is 7.52. The Morgan fingerprint density at radius 2 is 1.27 bits per heavy atom. The van der Waals surface area contributed by atoms with E-state index in [-0.39, 0.29) is 12.8 Å². The van der Waals surface area contributed by atoms with Gasteiger partial charge in [0, 0.05) is 17.3 Å². The van der Waals surface area contributed by atoms with Crippen LogP contribution in [0.2, 0.25) is 0 Å². The highest BCUT2D eigenvalue weighted by atomic mass is 14.7. The molecule has 2 rings (SSSR count). The van der Waals surface area contributed by atoms with Crippen LogP contribution in [-0.4, -0.2) is 4.98 Å². The zero-order valence-electron chi connectivity index (χ0n) is 14.6. The lowest BCUT2D eigenvalue weighted by atomic mass is 9.87. The first-order chi connectivity index (χ1) is 9.60. The fraction of sp³-hybridized carbons (Fsp3) is 0.476. The van der Waals surface area contributed by atoms with Crippen LogP contribution in [0.1, 0.15) is 65.8 Å². The summed E-state index contributed by atoms with van der Waals surface area (Å²) in [5.41, 5.74) is 4.24. The van der Waals surface area contributed by atoms with Gasteiger partial charge in [-0.1, -0.05) is 85.4 Å². The molecule has 0 fully saturated rings. The minimum atomic E-state index is 0. The van der Waals surface area contributed by atoms with Crippen molar-refractivity contribution in [2.24, 2.45) is 0 Å². The van der Waals surface area contributed by atoms with Crippen LogP contribution in [0.4, 0.5) is 0 Å². The molecule has 0 radical (unpaired) electrons. The summed E-state index contributed by atoms with van der Waals surface area (Å²) in [5.74, 6) is 0. The first-order valence-electron chi connectivity index (χ1n) is 7.59. The van der Waals surface area contributed by atoms with Crippen LogP contribution >= 0.6 is 0 Å². The molecule has 1 nitrogen and oxygen atoms in total. The third kappa shape index (κ3) is 6.89.